The number of benzene rings is 1. The third-order valence-corrected chi connectivity index (χ3v) is 4.47. The van der Waals surface area contributed by atoms with Crippen LogP contribution in [-0.2, 0) is 6.54 Å². The number of nitro benzene ring substituents is 1. The van der Waals surface area contributed by atoms with Gasteiger partial charge in [0.05, 0.1) is 28.7 Å². The van der Waals surface area contributed by atoms with Gasteiger partial charge in [-0.2, -0.15) is 0 Å². The van der Waals surface area contributed by atoms with Gasteiger partial charge >= 0.3 is 0 Å². The van der Waals surface area contributed by atoms with Gasteiger partial charge in [0.2, 0.25) is 0 Å². The molecule has 0 aliphatic carbocycles. The van der Waals surface area contributed by atoms with E-state index in [0.717, 1.165) is 4.88 Å². The summed E-state index contributed by atoms with van der Waals surface area (Å²) in [6.45, 7) is 0.198. The molecular weight excluding hydrogens is 328 g/mol. The van der Waals surface area contributed by atoms with Crippen molar-refractivity contribution in [1.82, 2.24) is 5.32 Å². The molecule has 0 bridgehead atoms. The van der Waals surface area contributed by atoms with Gasteiger partial charge in [0.1, 0.15) is 0 Å². The quantitative estimate of drug-likeness (QED) is 0.530. The molecule has 0 amide bonds. The lowest BCUT2D eigenvalue weighted by atomic mass is 10.0. The monoisotopic (exact) mass is 342 g/mol. The van der Waals surface area contributed by atoms with Crippen LogP contribution in [0, 0.1) is 10.1 Å². The summed E-state index contributed by atoms with van der Waals surface area (Å²) < 4.78 is 0. The fourth-order valence-corrected chi connectivity index (χ4v) is 3.00. The van der Waals surface area contributed by atoms with Gasteiger partial charge in [-0.15, -0.1) is 11.3 Å². The van der Waals surface area contributed by atoms with E-state index in [1.807, 2.05) is 6.07 Å². The lowest BCUT2D eigenvalue weighted by Crippen LogP contribution is -2.37. The summed E-state index contributed by atoms with van der Waals surface area (Å²) in [7, 11) is 0. The van der Waals surface area contributed by atoms with E-state index in [9.17, 15) is 20.3 Å². The average Bonchev–Trinajstić information content (AvgIpc) is 2.93. The van der Waals surface area contributed by atoms with Crippen LogP contribution in [-0.4, -0.2) is 27.8 Å². The van der Waals surface area contributed by atoms with Crippen LogP contribution in [0.25, 0.3) is 0 Å². The molecule has 22 heavy (non-hydrogen) atoms. The summed E-state index contributed by atoms with van der Waals surface area (Å²) in [5, 5.41) is 35.8. The summed E-state index contributed by atoms with van der Waals surface area (Å²) in [6, 6.07) is 6.84. The molecule has 2 rings (SSSR count). The van der Waals surface area contributed by atoms with Gasteiger partial charge in [-0.25, -0.2) is 0 Å². The van der Waals surface area contributed by atoms with Gasteiger partial charge < -0.3 is 15.5 Å². The van der Waals surface area contributed by atoms with Crippen LogP contribution >= 0.6 is 22.9 Å². The first-order valence-electron chi connectivity index (χ1n) is 6.51. The number of aliphatic hydroxyl groups is 2. The second-order valence-corrected chi connectivity index (χ2v) is 6.13. The molecule has 0 spiro atoms. The Labute approximate surface area is 136 Å². The maximum atomic E-state index is 10.6. The third kappa shape index (κ3) is 4.25. The highest BCUT2D eigenvalue weighted by molar-refractivity contribution is 7.10. The van der Waals surface area contributed by atoms with Crippen LogP contribution in [0.4, 0.5) is 5.69 Å². The zero-order chi connectivity index (χ0) is 16.1. The number of nitrogens with zero attached hydrogens (tertiary/aromatic N) is 1. The standard InChI is InChI=1S/C14H15ClN2O4S/c15-10-5-12(22-8-10)6-16-13(7-18)14(19)9-1-3-11(4-2-9)17(20)21/h1-5,8,13-14,16,18-19H,6-7H2/t13-,14-/m0/s1. The van der Waals surface area contributed by atoms with Gasteiger partial charge in [-0.1, -0.05) is 11.6 Å². The highest BCUT2D eigenvalue weighted by atomic mass is 35.5. The van der Waals surface area contributed by atoms with Crippen LogP contribution in [0.3, 0.4) is 0 Å². The number of aliphatic hydroxyl groups excluding tert-OH is 2. The van der Waals surface area contributed by atoms with Gasteiger partial charge in [-0.05, 0) is 23.8 Å². The largest absolute Gasteiger partial charge is 0.395 e. The first-order valence-corrected chi connectivity index (χ1v) is 7.76. The Kier molecular flexibility index (Phi) is 5.87. The summed E-state index contributed by atoms with van der Waals surface area (Å²) in [4.78, 5) is 11.1. The van der Waals surface area contributed by atoms with Gasteiger partial charge in [0.15, 0.2) is 0 Å². The van der Waals surface area contributed by atoms with Crippen LogP contribution in [0.2, 0.25) is 5.02 Å². The number of non-ortho nitro benzene ring substituents is 1. The molecule has 0 aliphatic heterocycles. The van der Waals surface area contributed by atoms with Crippen LogP contribution < -0.4 is 5.32 Å². The fourth-order valence-electron chi connectivity index (χ4n) is 1.98. The smallest absolute Gasteiger partial charge is 0.269 e. The van der Waals surface area contributed by atoms with E-state index in [4.69, 9.17) is 11.6 Å². The number of nitrogens with one attached hydrogen (secondary N) is 1. The number of hydrogen-bond donors (Lipinski definition) is 3. The van der Waals surface area contributed by atoms with Crippen molar-refractivity contribution in [1.29, 1.82) is 0 Å². The van der Waals surface area contributed by atoms with Crippen molar-refractivity contribution >= 4 is 28.6 Å². The molecule has 3 N–H and O–H groups in total. The minimum Gasteiger partial charge on any atom is -0.395 e. The lowest BCUT2D eigenvalue weighted by Gasteiger charge is -2.22. The van der Waals surface area contributed by atoms with E-state index >= 15 is 0 Å². The molecule has 0 unspecified atom stereocenters. The summed E-state index contributed by atoms with van der Waals surface area (Å²) >= 11 is 7.32. The molecule has 0 fully saturated rings. The summed E-state index contributed by atoms with van der Waals surface area (Å²) in [6.07, 6.45) is -0.971. The van der Waals surface area contributed by atoms with Crippen molar-refractivity contribution in [2.24, 2.45) is 0 Å². The minimum absolute atomic E-state index is 0.0438. The van der Waals surface area contributed by atoms with Crippen molar-refractivity contribution in [3.05, 3.63) is 61.3 Å². The number of nitro groups is 1. The first kappa shape index (κ1) is 16.9. The van der Waals surface area contributed by atoms with Crippen LogP contribution in [0.15, 0.2) is 35.7 Å². The Morgan fingerprint density at radius 3 is 2.55 bits per heavy atom. The van der Waals surface area contributed by atoms with E-state index in [1.165, 1.54) is 35.6 Å². The van der Waals surface area contributed by atoms with E-state index in [1.54, 1.807) is 5.38 Å². The maximum absolute atomic E-state index is 10.6. The van der Waals surface area contributed by atoms with E-state index in [0.29, 0.717) is 17.1 Å². The van der Waals surface area contributed by atoms with Gasteiger partial charge in [0, 0.05) is 28.9 Å². The Bertz CT molecular complexity index is 632. The molecular formula is C14H15ClN2O4S. The lowest BCUT2D eigenvalue weighted by molar-refractivity contribution is -0.384. The Morgan fingerprint density at radius 1 is 1.36 bits per heavy atom. The second-order valence-electron chi connectivity index (χ2n) is 4.69. The van der Waals surface area contributed by atoms with Gasteiger partial charge in [0.25, 0.3) is 5.69 Å². The molecule has 6 nitrogen and oxygen atoms in total. The molecule has 1 aromatic carbocycles. The van der Waals surface area contributed by atoms with Gasteiger partial charge in [-0.3, -0.25) is 10.1 Å². The topological polar surface area (TPSA) is 95.6 Å². The number of thiophene rings is 1. The molecule has 1 aromatic heterocycles. The molecule has 2 atom stereocenters. The fraction of sp³-hybridized carbons (Fsp3) is 0.286. The van der Waals surface area contributed by atoms with Crippen molar-refractivity contribution in [2.45, 2.75) is 18.7 Å². The van der Waals surface area contributed by atoms with Crippen molar-refractivity contribution in [2.75, 3.05) is 6.61 Å². The average molecular weight is 343 g/mol. The SMILES string of the molecule is O=[N+]([O-])c1ccc([C@H](O)[C@H](CO)NCc2cc(Cl)cs2)cc1. The number of rotatable bonds is 7. The highest BCUT2D eigenvalue weighted by Crippen LogP contribution is 2.22. The summed E-state index contributed by atoms with van der Waals surface area (Å²) in [5.74, 6) is 0. The zero-order valence-electron chi connectivity index (χ0n) is 11.5. The summed E-state index contributed by atoms with van der Waals surface area (Å²) in [5.41, 5.74) is 0.457. The third-order valence-electron chi connectivity index (χ3n) is 3.18. The predicted molar refractivity (Wildman–Crippen MR) is 85.1 cm³/mol. The Morgan fingerprint density at radius 2 is 2.05 bits per heavy atom. The van der Waals surface area contributed by atoms with E-state index in [-0.39, 0.29) is 12.3 Å². The normalized spacial score (nSPS) is 13.8. The first-order chi connectivity index (χ1) is 10.5. The minimum atomic E-state index is -0.971. The van der Waals surface area contributed by atoms with Crippen molar-refractivity contribution in [3.63, 3.8) is 0 Å². The molecule has 1 heterocycles. The van der Waals surface area contributed by atoms with Crippen molar-refractivity contribution in [3.8, 4) is 0 Å². The molecule has 0 aliphatic rings. The Balaban J connectivity index is 2.01. The zero-order valence-corrected chi connectivity index (χ0v) is 13.0. The predicted octanol–water partition coefficient (Wildman–Crippen LogP) is 2.49. The van der Waals surface area contributed by atoms with E-state index in [2.05, 4.69) is 5.32 Å². The van der Waals surface area contributed by atoms with Crippen LogP contribution in [0.1, 0.15) is 16.5 Å². The second kappa shape index (κ2) is 7.66. The molecule has 118 valence electrons. The highest BCUT2D eigenvalue weighted by Gasteiger charge is 2.20. The number of hydrogen-bond acceptors (Lipinski definition) is 6. The molecule has 0 saturated heterocycles. The molecule has 8 heteroatoms. The molecule has 2 aromatic rings. The Hall–Kier alpha value is -1.51. The van der Waals surface area contributed by atoms with Crippen molar-refractivity contribution < 1.29 is 15.1 Å². The molecule has 0 radical (unpaired) electrons. The van der Waals surface area contributed by atoms with Crippen LogP contribution in [0.5, 0.6) is 0 Å². The van der Waals surface area contributed by atoms with E-state index < -0.39 is 17.1 Å². The number of halogens is 1. The maximum Gasteiger partial charge on any atom is 0.269 e. The molecule has 0 saturated carbocycles.